The van der Waals surface area contributed by atoms with Crippen LogP contribution >= 0.6 is 0 Å². The third-order valence-electron chi connectivity index (χ3n) is 1.78. The predicted molar refractivity (Wildman–Crippen MR) is 52.1 cm³/mol. The van der Waals surface area contributed by atoms with Crippen LogP contribution in [0.5, 0.6) is 0 Å². The van der Waals surface area contributed by atoms with Gasteiger partial charge in [0, 0.05) is 0 Å². The maximum atomic E-state index is 11.4. The highest BCUT2D eigenvalue weighted by Gasteiger charge is 2.23. The van der Waals surface area contributed by atoms with Crippen molar-refractivity contribution in [2.45, 2.75) is 45.6 Å². The second-order valence-electron chi connectivity index (χ2n) is 3.22. The van der Waals surface area contributed by atoms with Gasteiger partial charge in [-0.1, -0.05) is 6.92 Å². The summed E-state index contributed by atoms with van der Waals surface area (Å²) >= 11 is 0. The molecule has 88 valence electrons. The Hall–Kier alpha value is -1.14. The number of ether oxygens (including phenoxy) is 1. The number of esters is 1. The third-order valence-corrected chi connectivity index (χ3v) is 1.78. The van der Waals surface area contributed by atoms with Crippen molar-refractivity contribution in [2.24, 2.45) is 0 Å². The molecule has 0 aromatic carbocycles. The van der Waals surface area contributed by atoms with Crippen LogP contribution in [-0.4, -0.2) is 40.5 Å². The fourth-order valence-electron chi connectivity index (χ4n) is 0.950. The van der Waals surface area contributed by atoms with E-state index in [1.807, 2.05) is 0 Å². The molecule has 0 fully saturated rings. The van der Waals surface area contributed by atoms with E-state index in [-0.39, 0.29) is 0 Å². The maximum Gasteiger partial charge on any atom is 0.344 e. The maximum absolute atomic E-state index is 11.4. The predicted octanol–water partition coefficient (Wildman–Crippen LogP) is -0.291. The van der Waals surface area contributed by atoms with Crippen molar-refractivity contribution in [1.29, 1.82) is 0 Å². The Balaban J connectivity index is 4.21. The molecule has 0 spiro atoms. The molecule has 0 aliphatic rings. The molecule has 6 nitrogen and oxygen atoms in total. The van der Waals surface area contributed by atoms with Crippen molar-refractivity contribution < 1.29 is 24.5 Å². The average molecular weight is 219 g/mol. The topological polar surface area (TPSA) is 95.9 Å². The van der Waals surface area contributed by atoms with E-state index in [0.29, 0.717) is 6.42 Å². The summed E-state index contributed by atoms with van der Waals surface area (Å²) < 4.78 is 4.65. The number of carboxylic acid groups (broad SMARTS) is 1. The Labute approximate surface area is 88.2 Å². The van der Waals surface area contributed by atoms with E-state index >= 15 is 0 Å². The van der Waals surface area contributed by atoms with Gasteiger partial charge in [-0.25, -0.2) is 4.79 Å². The fourth-order valence-corrected chi connectivity index (χ4v) is 0.950. The second-order valence-corrected chi connectivity index (χ2v) is 3.22. The number of hydrogen-bond acceptors (Lipinski definition) is 5. The molecule has 0 aromatic heterocycles. The van der Waals surface area contributed by atoms with Crippen LogP contribution in [0.4, 0.5) is 0 Å². The lowest BCUT2D eigenvalue weighted by atomic mass is 10.2. The van der Waals surface area contributed by atoms with Gasteiger partial charge in [-0.15, -0.1) is 0 Å². The number of aliphatic carboxylic acids is 1. The normalized spacial score (nSPS) is 16.5. The lowest BCUT2D eigenvalue weighted by molar-refractivity contribution is -0.164. The summed E-state index contributed by atoms with van der Waals surface area (Å²) in [5.74, 6) is -1.87. The minimum absolute atomic E-state index is 0.413. The molecule has 15 heavy (non-hydrogen) atoms. The van der Waals surface area contributed by atoms with E-state index in [9.17, 15) is 9.59 Å². The first-order valence-corrected chi connectivity index (χ1v) is 4.75. The molecule has 3 unspecified atom stereocenters. The SMILES string of the molecule is CCC(NC(C)O)C(=O)OC(C)C(=O)O. The van der Waals surface area contributed by atoms with Gasteiger partial charge in [0.2, 0.25) is 0 Å². The molecule has 3 atom stereocenters. The van der Waals surface area contributed by atoms with Crippen molar-refractivity contribution in [2.75, 3.05) is 0 Å². The fraction of sp³-hybridized carbons (Fsp3) is 0.778. The van der Waals surface area contributed by atoms with Crippen LogP contribution < -0.4 is 5.32 Å². The molecule has 0 heterocycles. The van der Waals surface area contributed by atoms with Gasteiger partial charge in [0.05, 0.1) is 0 Å². The first-order chi connectivity index (χ1) is 6.88. The number of aliphatic hydroxyl groups is 1. The van der Waals surface area contributed by atoms with Crippen molar-refractivity contribution in [3.63, 3.8) is 0 Å². The van der Waals surface area contributed by atoms with Gasteiger partial charge in [0.25, 0.3) is 0 Å². The monoisotopic (exact) mass is 219 g/mol. The van der Waals surface area contributed by atoms with Crippen LogP contribution in [0.1, 0.15) is 27.2 Å². The summed E-state index contributed by atoms with van der Waals surface area (Å²) in [6.45, 7) is 4.47. The average Bonchev–Trinajstić information content (AvgIpc) is 2.13. The van der Waals surface area contributed by atoms with Gasteiger partial charge in [0.15, 0.2) is 6.10 Å². The molecule has 0 saturated heterocycles. The Kier molecular flexibility index (Phi) is 5.88. The molecule has 0 aromatic rings. The molecule has 0 rings (SSSR count). The van der Waals surface area contributed by atoms with E-state index in [1.165, 1.54) is 13.8 Å². The Morgan fingerprint density at radius 3 is 2.27 bits per heavy atom. The van der Waals surface area contributed by atoms with E-state index in [1.54, 1.807) is 6.92 Å². The van der Waals surface area contributed by atoms with Crippen LogP contribution in [0.3, 0.4) is 0 Å². The Morgan fingerprint density at radius 2 is 1.93 bits per heavy atom. The number of carbonyl (C=O) groups is 2. The van der Waals surface area contributed by atoms with E-state index < -0.39 is 30.3 Å². The summed E-state index contributed by atoms with van der Waals surface area (Å²) in [7, 11) is 0. The van der Waals surface area contributed by atoms with Crippen molar-refractivity contribution >= 4 is 11.9 Å². The Bertz CT molecular complexity index is 229. The molecular weight excluding hydrogens is 202 g/mol. The number of rotatable bonds is 6. The summed E-state index contributed by atoms with van der Waals surface area (Å²) in [5.41, 5.74) is 0. The van der Waals surface area contributed by atoms with Crippen LogP contribution in [-0.2, 0) is 14.3 Å². The molecule has 0 radical (unpaired) electrons. The number of hydrogen-bond donors (Lipinski definition) is 3. The Morgan fingerprint density at radius 1 is 1.40 bits per heavy atom. The zero-order chi connectivity index (χ0) is 12.0. The number of nitrogens with one attached hydrogen (secondary N) is 1. The summed E-state index contributed by atoms with van der Waals surface area (Å²) in [6.07, 6.45) is -1.61. The molecule has 0 bridgehead atoms. The van der Waals surface area contributed by atoms with Gasteiger partial charge in [0.1, 0.15) is 12.3 Å². The van der Waals surface area contributed by atoms with Crippen LogP contribution in [0, 0.1) is 0 Å². The molecule has 0 aliphatic carbocycles. The first kappa shape index (κ1) is 13.9. The van der Waals surface area contributed by atoms with Crippen LogP contribution in [0.2, 0.25) is 0 Å². The summed E-state index contributed by atoms with van der Waals surface area (Å²) in [6, 6.07) is -0.688. The van der Waals surface area contributed by atoms with Gasteiger partial charge in [-0.3, -0.25) is 10.1 Å². The molecular formula is C9H17NO5. The molecule has 0 amide bonds. The zero-order valence-corrected chi connectivity index (χ0v) is 9.06. The van der Waals surface area contributed by atoms with Gasteiger partial charge in [-0.05, 0) is 20.3 Å². The van der Waals surface area contributed by atoms with Crippen LogP contribution in [0.15, 0.2) is 0 Å². The van der Waals surface area contributed by atoms with Gasteiger partial charge >= 0.3 is 11.9 Å². The summed E-state index contributed by atoms with van der Waals surface area (Å²) in [4.78, 5) is 21.8. The summed E-state index contributed by atoms with van der Waals surface area (Å²) in [5, 5.41) is 20.1. The van der Waals surface area contributed by atoms with Gasteiger partial charge in [-0.2, -0.15) is 0 Å². The van der Waals surface area contributed by atoms with Crippen LogP contribution in [0.25, 0.3) is 0 Å². The number of carboxylic acids is 1. The molecule has 0 aliphatic heterocycles. The lowest BCUT2D eigenvalue weighted by Gasteiger charge is -2.19. The molecule has 3 N–H and O–H groups in total. The minimum atomic E-state index is -1.20. The highest BCUT2D eigenvalue weighted by molar-refractivity contribution is 5.80. The van der Waals surface area contributed by atoms with Crippen molar-refractivity contribution in [1.82, 2.24) is 5.32 Å². The highest BCUT2D eigenvalue weighted by Crippen LogP contribution is 2.00. The lowest BCUT2D eigenvalue weighted by Crippen LogP contribution is -2.44. The number of aliphatic hydroxyl groups excluding tert-OH is 1. The quantitative estimate of drug-likeness (QED) is 0.419. The van der Waals surface area contributed by atoms with Gasteiger partial charge < -0.3 is 14.9 Å². The highest BCUT2D eigenvalue weighted by atomic mass is 16.6. The largest absolute Gasteiger partial charge is 0.479 e. The number of carbonyl (C=O) groups excluding carboxylic acids is 1. The zero-order valence-electron chi connectivity index (χ0n) is 9.06. The van der Waals surface area contributed by atoms with E-state index in [0.717, 1.165) is 0 Å². The first-order valence-electron chi connectivity index (χ1n) is 4.75. The minimum Gasteiger partial charge on any atom is -0.479 e. The third kappa shape index (κ3) is 5.34. The standard InChI is InChI=1S/C9H17NO5/c1-4-7(10-6(3)11)9(14)15-5(2)8(12)13/h5-7,10-11H,4H2,1-3H3,(H,12,13). The smallest absolute Gasteiger partial charge is 0.344 e. The van der Waals surface area contributed by atoms with Crippen molar-refractivity contribution in [3.05, 3.63) is 0 Å². The van der Waals surface area contributed by atoms with Crippen molar-refractivity contribution in [3.8, 4) is 0 Å². The molecule has 6 heteroatoms. The molecule has 0 saturated carbocycles. The second kappa shape index (κ2) is 6.36. The van der Waals surface area contributed by atoms with E-state index in [4.69, 9.17) is 10.2 Å². The van der Waals surface area contributed by atoms with E-state index in [2.05, 4.69) is 10.1 Å².